The van der Waals surface area contributed by atoms with E-state index in [9.17, 15) is 18.0 Å². The van der Waals surface area contributed by atoms with Crippen LogP contribution in [0.2, 0.25) is 0 Å². The van der Waals surface area contributed by atoms with Crippen LogP contribution in [0.4, 0.5) is 5.69 Å². The third-order valence-electron chi connectivity index (χ3n) is 6.19. The van der Waals surface area contributed by atoms with Gasteiger partial charge < -0.3 is 19.6 Å². The van der Waals surface area contributed by atoms with Crippen LogP contribution in [-0.4, -0.2) is 54.5 Å². The molecule has 2 heterocycles. The van der Waals surface area contributed by atoms with Crippen LogP contribution < -0.4 is 10.4 Å². The van der Waals surface area contributed by atoms with Gasteiger partial charge in [0.05, 0.1) is 45.9 Å². The molecule has 3 N–H and O–H groups in total. The number of nitrogens with zero attached hydrogens (tertiary/aromatic N) is 1. The Bertz CT molecular complexity index is 1330. The van der Waals surface area contributed by atoms with Crippen LogP contribution in [0.25, 0.3) is 11.0 Å². The topological polar surface area (TPSA) is 124 Å². The zero-order valence-corrected chi connectivity index (χ0v) is 18.2. The molecular weight excluding hydrogens is 432 g/mol. The van der Waals surface area contributed by atoms with E-state index < -0.39 is 15.7 Å². The Balaban J connectivity index is 1.44. The fourth-order valence-electron chi connectivity index (χ4n) is 4.64. The Morgan fingerprint density at radius 2 is 1.84 bits per heavy atom. The van der Waals surface area contributed by atoms with Crippen molar-refractivity contribution in [2.24, 2.45) is 0 Å². The van der Waals surface area contributed by atoms with Gasteiger partial charge in [-0.15, -0.1) is 0 Å². The fraction of sp³-hybridized carbons (Fsp3) is 0.364. The average Bonchev–Trinajstić information content (AvgIpc) is 3.17. The van der Waals surface area contributed by atoms with Gasteiger partial charge in [-0.25, -0.2) is 13.2 Å². The molecule has 1 saturated carbocycles. The second-order valence-corrected chi connectivity index (χ2v) is 9.88. The molecule has 2 aliphatic rings. The maximum atomic E-state index is 13.5. The number of H-pyrrole nitrogens is 2. The highest BCUT2D eigenvalue weighted by atomic mass is 32.2. The first kappa shape index (κ1) is 20.8. The molecule has 0 spiro atoms. The molecule has 1 aliphatic carbocycles. The zero-order valence-electron chi connectivity index (χ0n) is 17.3. The van der Waals surface area contributed by atoms with Gasteiger partial charge in [0.1, 0.15) is 0 Å². The number of ether oxygens (including phenoxy) is 1. The second kappa shape index (κ2) is 8.10. The molecule has 1 amide bonds. The monoisotopic (exact) mass is 456 g/mol. The molecule has 32 heavy (non-hydrogen) atoms. The average molecular weight is 457 g/mol. The normalized spacial score (nSPS) is 21.3. The van der Waals surface area contributed by atoms with E-state index in [-0.39, 0.29) is 28.6 Å². The van der Waals surface area contributed by atoms with Crippen LogP contribution >= 0.6 is 0 Å². The van der Waals surface area contributed by atoms with E-state index in [0.29, 0.717) is 29.7 Å². The molecule has 3 aromatic rings. The summed E-state index contributed by atoms with van der Waals surface area (Å²) in [6.45, 7) is 0.967. The highest BCUT2D eigenvalue weighted by molar-refractivity contribution is 7.92. The number of morpholine rings is 1. The quantitative estimate of drug-likeness (QED) is 0.556. The molecule has 2 atom stereocenters. The second-order valence-electron chi connectivity index (χ2n) is 8.20. The number of hydrogen-bond donors (Lipinski definition) is 3. The van der Waals surface area contributed by atoms with Gasteiger partial charge in [0.15, 0.2) is 0 Å². The minimum atomic E-state index is -3.99. The van der Waals surface area contributed by atoms with E-state index in [2.05, 4.69) is 14.7 Å². The Morgan fingerprint density at radius 1 is 1.06 bits per heavy atom. The summed E-state index contributed by atoms with van der Waals surface area (Å²) in [5.74, 6) is -0.200. The van der Waals surface area contributed by atoms with Crippen molar-refractivity contribution in [2.45, 2.75) is 42.7 Å². The number of hydrogen-bond acceptors (Lipinski definition) is 5. The Kier molecular flexibility index (Phi) is 5.26. The number of carbonyl (C=O) groups is 1. The van der Waals surface area contributed by atoms with Gasteiger partial charge in [-0.3, -0.25) is 9.52 Å². The van der Waals surface area contributed by atoms with Crippen molar-refractivity contribution in [3.8, 4) is 0 Å². The lowest BCUT2D eigenvalue weighted by Gasteiger charge is -2.44. The maximum absolute atomic E-state index is 13.5. The van der Waals surface area contributed by atoms with Crippen molar-refractivity contribution in [1.82, 2.24) is 14.9 Å². The van der Waals surface area contributed by atoms with Gasteiger partial charge in [0, 0.05) is 6.54 Å². The van der Waals surface area contributed by atoms with E-state index in [1.807, 2.05) is 4.90 Å². The minimum absolute atomic E-state index is 0.0128. The van der Waals surface area contributed by atoms with Crippen LogP contribution in [-0.2, 0) is 14.8 Å². The first-order valence-electron chi connectivity index (χ1n) is 10.7. The molecule has 2 fully saturated rings. The highest BCUT2D eigenvalue weighted by Crippen LogP contribution is 2.31. The van der Waals surface area contributed by atoms with Gasteiger partial charge in [-0.2, -0.15) is 0 Å². The Labute approximate surface area is 184 Å². The fourth-order valence-corrected chi connectivity index (χ4v) is 5.75. The Morgan fingerprint density at radius 3 is 2.72 bits per heavy atom. The molecule has 5 rings (SSSR count). The number of fused-ring (bicyclic) bond motifs is 2. The number of imidazole rings is 1. The summed E-state index contributed by atoms with van der Waals surface area (Å²) in [5, 5.41) is 0. The summed E-state index contributed by atoms with van der Waals surface area (Å²) >= 11 is 0. The van der Waals surface area contributed by atoms with E-state index >= 15 is 0 Å². The van der Waals surface area contributed by atoms with Crippen LogP contribution in [0.1, 0.15) is 36.0 Å². The minimum Gasteiger partial charge on any atom is -0.374 e. The summed E-state index contributed by atoms with van der Waals surface area (Å²) in [6, 6.07) is 11.0. The lowest BCUT2D eigenvalue weighted by Crippen LogP contribution is -2.54. The number of carbonyl (C=O) groups excluding carboxylic acids is 1. The molecule has 10 heteroatoms. The molecule has 1 saturated heterocycles. The largest absolute Gasteiger partial charge is 0.374 e. The van der Waals surface area contributed by atoms with Crippen LogP contribution in [0.5, 0.6) is 0 Å². The van der Waals surface area contributed by atoms with E-state index in [1.54, 1.807) is 24.3 Å². The van der Waals surface area contributed by atoms with Crippen LogP contribution in [0, 0.1) is 0 Å². The summed E-state index contributed by atoms with van der Waals surface area (Å²) in [5.41, 5.74) is 1.01. The number of nitrogens with one attached hydrogen (secondary N) is 3. The standard InChI is InChI=1S/C22H24N4O5S/c27-21(26-11-12-31-20-8-4-3-7-19(20)26)15-5-1-2-6-16(15)25-32(29,30)14-9-10-17-18(13-14)24-22(28)23-17/h1-2,5-6,9-10,13,19-20,25H,3-4,7-8,11-12H2,(H2,23,24,28). The third-order valence-corrected chi connectivity index (χ3v) is 7.56. The molecule has 0 bridgehead atoms. The molecule has 9 nitrogen and oxygen atoms in total. The zero-order chi connectivity index (χ0) is 22.3. The predicted octanol–water partition coefficient (Wildman–Crippen LogP) is 2.44. The van der Waals surface area contributed by atoms with Gasteiger partial charge in [-0.05, 0) is 43.2 Å². The highest BCUT2D eigenvalue weighted by Gasteiger charge is 2.37. The molecular formula is C22H24N4O5S. The van der Waals surface area contributed by atoms with Crippen molar-refractivity contribution in [1.29, 1.82) is 0 Å². The third kappa shape index (κ3) is 3.80. The van der Waals surface area contributed by atoms with Crippen molar-refractivity contribution in [3.63, 3.8) is 0 Å². The van der Waals surface area contributed by atoms with Gasteiger partial charge >= 0.3 is 5.69 Å². The molecule has 1 aromatic heterocycles. The number of rotatable bonds is 4. The molecule has 0 radical (unpaired) electrons. The predicted molar refractivity (Wildman–Crippen MR) is 119 cm³/mol. The van der Waals surface area contributed by atoms with Gasteiger partial charge in [0.25, 0.3) is 15.9 Å². The van der Waals surface area contributed by atoms with Crippen molar-refractivity contribution >= 4 is 32.7 Å². The number of anilines is 1. The number of amides is 1. The molecule has 1 aliphatic heterocycles. The molecule has 2 unspecified atom stereocenters. The lowest BCUT2D eigenvalue weighted by atomic mass is 9.89. The smallest absolute Gasteiger partial charge is 0.323 e. The van der Waals surface area contributed by atoms with Crippen LogP contribution in [0.15, 0.2) is 52.2 Å². The van der Waals surface area contributed by atoms with Crippen molar-refractivity contribution in [3.05, 3.63) is 58.5 Å². The number of benzene rings is 2. The summed E-state index contributed by atoms with van der Waals surface area (Å²) < 4.78 is 34.6. The van der Waals surface area contributed by atoms with E-state index in [1.165, 1.54) is 18.2 Å². The maximum Gasteiger partial charge on any atom is 0.323 e. The summed E-state index contributed by atoms with van der Waals surface area (Å²) in [4.78, 5) is 31.9. The van der Waals surface area contributed by atoms with Gasteiger partial charge in [-0.1, -0.05) is 25.0 Å². The number of para-hydroxylation sites is 1. The van der Waals surface area contributed by atoms with E-state index in [0.717, 1.165) is 25.7 Å². The van der Waals surface area contributed by atoms with Crippen molar-refractivity contribution < 1.29 is 17.9 Å². The first-order chi connectivity index (χ1) is 15.4. The first-order valence-corrected chi connectivity index (χ1v) is 12.2. The summed E-state index contributed by atoms with van der Waals surface area (Å²) in [6.07, 6.45) is 4.01. The van der Waals surface area contributed by atoms with Crippen molar-refractivity contribution in [2.75, 3.05) is 17.9 Å². The number of aromatic nitrogens is 2. The number of sulfonamides is 1. The summed E-state index contributed by atoms with van der Waals surface area (Å²) in [7, 11) is -3.99. The SMILES string of the molecule is O=C(c1ccccc1NS(=O)(=O)c1ccc2[nH]c(=O)[nH]c2c1)N1CCOC2CCCCC21. The van der Waals surface area contributed by atoms with E-state index in [4.69, 9.17) is 4.74 Å². The van der Waals surface area contributed by atoms with Crippen LogP contribution in [0.3, 0.4) is 0 Å². The molecule has 2 aromatic carbocycles. The molecule has 168 valence electrons. The van der Waals surface area contributed by atoms with Gasteiger partial charge in [0.2, 0.25) is 0 Å². The number of aromatic amines is 2. The lowest BCUT2D eigenvalue weighted by molar-refractivity contribution is -0.0752. The Hall–Kier alpha value is -3.11.